The van der Waals surface area contributed by atoms with Gasteiger partial charge in [-0.2, -0.15) is 5.10 Å². The lowest BCUT2D eigenvalue weighted by Gasteiger charge is -2.22. The number of carbonyl (C=O) groups excluding carboxylic acids is 1. The SMILES string of the molecule is CCc1cc(C2CCCN2C(=O)c2cnn3c(C(F)F)cc(-c4ccccc4)nc23)on1. The van der Waals surface area contributed by atoms with Gasteiger partial charge >= 0.3 is 0 Å². The first kappa shape index (κ1) is 20.3. The molecule has 1 aliphatic heterocycles. The van der Waals surface area contributed by atoms with Crippen LogP contribution in [0, 0.1) is 0 Å². The number of carbonyl (C=O) groups is 1. The summed E-state index contributed by atoms with van der Waals surface area (Å²) in [6, 6.07) is 12.0. The molecule has 1 aliphatic rings. The highest BCUT2D eigenvalue weighted by molar-refractivity contribution is 6.00. The molecule has 32 heavy (non-hydrogen) atoms. The van der Waals surface area contributed by atoms with E-state index in [4.69, 9.17) is 4.52 Å². The lowest BCUT2D eigenvalue weighted by molar-refractivity contribution is 0.0716. The molecule has 164 valence electrons. The Kier molecular flexibility index (Phi) is 5.16. The van der Waals surface area contributed by atoms with Gasteiger partial charge in [0.05, 0.1) is 23.6 Å². The smallest absolute Gasteiger partial charge is 0.280 e. The molecule has 7 nitrogen and oxygen atoms in total. The van der Waals surface area contributed by atoms with Gasteiger partial charge in [0.1, 0.15) is 11.3 Å². The minimum Gasteiger partial charge on any atom is -0.359 e. The van der Waals surface area contributed by atoms with Crippen molar-refractivity contribution < 1.29 is 18.1 Å². The zero-order valence-corrected chi connectivity index (χ0v) is 17.4. The molecule has 0 aliphatic carbocycles. The van der Waals surface area contributed by atoms with Gasteiger partial charge in [-0.05, 0) is 25.3 Å². The van der Waals surface area contributed by atoms with E-state index in [-0.39, 0.29) is 28.9 Å². The van der Waals surface area contributed by atoms with Crippen LogP contribution < -0.4 is 0 Å². The molecular weight excluding hydrogens is 416 g/mol. The van der Waals surface area contributed by atoms with Crippen LogP contribution in [0.4, 0.5) is 8.78 Å². The number of hydrogen-bond acceptors (Lipinski definition) is 5. The molecule has 1 aromatic carbocycles. The molecule has 1 amide bonds. The van der Waals surface area contributed by atoms with Gasteiger partial charge in [-0.3, -0.25) is 4.79 Å². The molecule has 1 saturated heterocycles. The Morgan fingerprint density at radius 2 is 2.06 bits per heavy atom. The van der Waals surface area contributed by atoms with Crippen molar-refractivity contribution in [3.63, 3.8) is 0 Å². The van der Waals surface area contributed by atoms with Gasteiger partial charge in [-0.1, -0.05) is 42.4 Å². The Labute approximate surface area is 182 Å². The maximum atomic E-state index is 13.8. The molecule has 0 radical (unpaired) electrons. The average Bonchev–Trinajstić information content (AvgIpc) is 3.57. The Morgan fingerprint density at radius 3 is 2.78 bits per heavy atom. The van der Waals surface area contributed by atoms with E-state index >= 15 is 0 Å². The molecule has 0 spiro atoms. The van der Waals surface area contributed by atoms with Crippen LogP contribution in [0.15, 0.2) is 53.2 Å². The van der Waals surface area contributed by atoms with Crippen LogP contribution in [0.1, 0.15) is 59.7 Å². The van der Waals surface area contributed by atoms with Crippen LogP contribution in [0.25, 0.3) is 16.9 Å². The van der Waals surface area contributed by atoms with Crippen molar-refractivity contribution in [2.75, 3.05) is 6.54 Å². The van der Waals surface area contributed by atoms with Crippen molar-refractivity contribution in [1.29, 1.82) is 0 Å². The molecule has 1 fully saturated rings. The summed E-state index contributed by atoms with van der Waals surface area (Å²) in [5.41, 5.74) is 1.86. The first-order chi connectivity index (χ1) is 15.6. The summed E-state index contributed by atoms with van der Waals surface area (Å²) in [6.07, 6.45) is 0.836. The standard InChI is InChI=1S/C23H21F2N5O2/c1-2-15-11-20(32-28-15)18-9-6-10-29(18)23(31)16-13-26-30-19(21(24)25)12-17(27-22(16)30)14-7-4-3-5-8-14/h3-5,7-8,11-13,18,21H,2,6,9-10H2,1H3. The van der Waals surface area contributed by atoms with Crippen molar-refractivity contribution in [3.8, 4) is 11.3 Å². The van der Waals surface area contributed by atoms with Crippen molar-refractivity contribution in [3.05, 3.63) is 71.4 Å². The molecule has 1 unspecified atom stereocenters. The molecule has 5 rings (SSSR count). The summed E-state index contributed by atoms with van der Waals surface area (Å²) in [5.74, 6) is 0.324. The third-order valence-electron chi connectivity index (χ3n) is 5.80. The van der Waals surface area contributed by atoms with E-state index in [9.17, 15) is 13.6 Å². The molecule has 9 heteroatoms. The fraction of sp³-hybridized carbons (Fsp3) is 0.304. The summed E-state index contributed by atoms with van der Waals surface area (Å²) >= 11 is 0. The minimum atomic E-state index is -2.77. The van der Waals surface area contributed by atoms with E-state index in [0.717, 1.165) is 29.5 Å². The van der Waals surface area contributed by atoms with Crippen molar-refractivity contribution in [2.24, 2.45) is 0 Å². The largest absolute Gasteiger partial charge is 0.359 e. The second kappa shape index (κ2) is 8.14. The fourth-order valence-electron chi connectivity index (χ4n) is 4.16. The molecule has 4 heterocycles. The Hall–Kier alpha value is -3.62. The monoisotopic (exact) mass is 437 g/mol. The first-order valence-corrected chi connectivity index (χ1v) is 10.6. The molecule has 1 atom stereocenters. The molecular formula is C23H21F2N5O2. The number of aromatic nitrogens is 4. The predicted octanol–water partition coefficient (Wildman–Crippen LogP) is 4.86. The Balaban J connectivity index is 1.57. The molecule has 0 N–H and O–H groups in total. The normalized spacial score (nSPS) is 16.4. The maximum absolute atomic E-state index is 13.8. The van der Waals surface area contributed by atoms with Crippen molar-refractivity contribution in [1.82, 2.24) is 24.7 Å². The quantitative estimate of drug-likeness (QED) is 0.446. The summed E-state index contributed by atoms with van der Waals surface area (Å²) in [7, 11) is 0. The van der Waals surface area contributed by atoms with Crippen LogP contribution in [0.5, 0.6) is 0 Å². The number of amides is 1. The lowest BCUT2D eigenvalue weighted by atomic mass is 10.1. The summed E-state index contributed by atoms with van der Waals surface area (Å²) in [4.78, 5) is 19.7. The van der Waals surface area contributed by atoms with Gasteiger partial charge in [-0.15, -0.1) is 0 Å². The van der Waals surface area contributed by atoms with Crippen LogP contribution in [-0.2, 0) is 6.42 Å². The molecule has 3 aromatic heterocycles. The second-order valence-corrected chi connectivity index (χ2v) is 7.76. The second-order valence-electron chi connectivity index (χ2n) is 7.76. The van der Waals surface area contributed by atoms with E-state index in [2.05, 4.69) is 15.2 Å². The number of rotatable bonds is 5. The molecule has 0 saturated carbocycles. The van der Waals surface area contributed by atoms with Gasteiger partial charge in [-0.25, -0.2) is 18.3 Å². The third kappa shape index (κ3) is 3.43. The van der Waals surface area contributed by atoms with Gasteiger partial charge in [0, 0.05) is 18.2 Å². The van der Waals surface area contributed by atoms with E-state index < -0.39 is 6.43 Å². The number of hydrogen-bond donors (Lipinski definition) is 0. The van der Waals surface area contributed by atoms with Crippen LogP contribution in [-0.4, -0.2) is 37.1 Å². The van der Waals surface area contributed by atoms with Gasteiger partial charge < -0.3 is 9.42 Å². The van der Waals surface area contributed by atoms with E-state index in [1.165, 1.54) is 12.3 Å². The highest BCUT2D eigenvalue weighted by Crippen LogP contribution is 2.35. The highest BCUT2D eigenvalue weighted by Gasteiger charge is 2.35. The summed E-state index contributed by atoms with van der Waals surface area (Å²) in [6.45, 7) is 2.51. The van der Waals surface area contributed by atoms with E-state index in [1.54, 1.807) is 17.0 Å². The summed E-state index contributed by atoms with van der Waals surface area (Å²) < 4.78 is 34.2. The number of halogens is 2. The third-order valence-corrected chi connectivity index (χ3v) is 5.80. The number of nitrogens with zero attached hydrogens (tertiary/aromatic N) is 5. The lowest BCUT2D eigenvalue weighted by Crippen LogP contribution is -2.30. The summed E-state index contributed by atoms with van der Waals surface area (Å²) in [5, 5.41) is 8.11. The van der Waals surface area contributed by atoms with Crippen LogP contribution in [0.2, 0.25) is 0 Å². The van der Waals surface area contributed by atoms with Gasteiger partial charge in [0.2, 0.25) is 0 Å². The number of likely N-dealkylation sites (tertiary alicyclic amines) is 1. The van der Waals surface area contributed by atoms with E-state index in [0.29, 0.717) is 23.6 Å². The minimum absolute atomic E-state index is 0.115. The number of benzene rings is 1. The van der Waals surface area contributed by atoms with Crippen LogP contribution in [0.3, 0.4) is 0 Å². The maximum Gasteiger partial charge on any atom is 0.280 e. The number of fused-ring (bicyclic) bond motifs is 1. The van der Waals surface area contributed by atoms with Crippen molar-refractivity contribution in [2.45, 2.75) is 38.7 Å². The topological polar surface area (TPSA) is 76.5 Å². The zero-order valence-electron chi connectivity index (χ0n) is 17.4. The Morgan fingerprint density at radius 1 is 1.25 bits per heavy atom. The van der Waals surface area contributed by atoms with E-state index in [1.807, 2.05) is 31.2 Å². The Bertz CT molecular complexity index is 1270. The van der Waals surface area contributed by atoms with Crippen molar-refractivity contribution >= 4 is 11.6 Å². The van der Waals surface area contributed by atoms with Gasteiger partial charge in [0.25, 0.3) is 12.3 Å². The average molecular weight is 437 g/mol. The first-order valence-electron chi connectivity index (χ1n) is 10.6. The molecule has 4 aromatic rings. The fourth-order valence-corrected chi connectivity index (χ4v) is 4.16. The van der Waals surface area contributed by atoms with Gasteiger partial charge in [0.15, 0.2) is 11.4 Å². The number of alkyl halides is 2. The number of aryl methyl sites for hydroxylation is 1. The van der Waals surface area contributed by atoms with Crippen LogP contribution >= 0.6 is 0 Å². The zero-order chi connectivity index (χ0) is 22.2. The molecule has 0 bridgehead atoms. The predicted molar refractivity (Wildman–Crippen MR) is 112 cm³/mol. The highest BCUT2D eigenvalue weighted by atomic mass is 19.3.